The van der Waals surface area contributed by atoms with Crippen molar-refractivity contribution >= 4 is 0 Å². The minimum atomic E-state index is -0.961. The van der Waals surface area contributed by atoms with Crippen LogP contribution in [0, 0.1) is 5.82 Å². The van der Waals surface area contributed by atoms with E-state index in [1.165, 1.54) is 22.3 Å². The maximum absolute atomic E-state index is 14.5. The number of aryl methyl sites for hydroxylation is 2. The smallest absolute Gasteiger partial charge is 0.257 e. The zero-order valence-corrected chi connectivity index (χ0v) is 19.6. The Balaban J connectivity index is 1.86. The first-order valence-corrected chi connectivity index (χ1v) is 11.8. The predicted octanol–water partition coefficient (Wildman–Crippen LogP) is 6.05. The summed E-state index contributed by atoms with van der Waals surface area (Å²) < 4.78 is 30.1. The Hall–Kier alpha value is -3.80. The van der Waals surface area contributed by atoms with Crippen molar-refractivity contribution in [2.24, 2.45) is 0 Å². The minimum Gasteiger partial charge on any atom is -0.504 e. The van der Waals surface area contributed by atoms with Gasteiger partial charge in [0.1, 0.15) is 12.5 Å². The zero-order chi connectivity index (χ0) is 24.8. The molecule has 4 rings (SSSR count). The molecule has 0 amide bonds. The summed E-state index contributed by atoms with van der Waals surface area (Å²) >= 11 is 0. The molecule has 1 heterocycles. The number of hydrogen-bond acceptors (Lipinski definition) is 3. The molecule has 0 saturated carbocycles. The van der Waals surface area contributed by atoms with E-state index in [4.69, 9.17) is 4.98 Å². The summed E-state index contributed by atoms with van der Waals surface area (Å²) in [7, 11) is 0. The SMILES string of the molecule is CCc1c(CCCc2ccccc2)nc(-c2cccc(F)c2O)n(C(CF)c2ccccc2)c1=O. The van der Waals surface area contributed by atoms with Crippen LogP contribution in [0.25, 0.3) is 11.4 Å². The minimum absolute atomic E-state index is 0.0587. The molecule has 0 radical (unpaired) electrons. The van der Waals surface area contributed by atoms with Gasteiger partial charge in [0.05, 0.1) is 17.3 Å². The molecule has 3 aromatic carbocycles. The first kappa shape index (κ1) is 24.3. The van der Waals surface area contributed by atoms with Crippen molar-refractivity contribution in [3.8, 4) is 17.1 Å². The van der Waals surface area contributed by atoms with Crippen LogP contribution in [0.3, 0.4) is 0 Å². The average molecular weight is 475 g/mol. The number of alkyl halides is 1. The lowest BCUT2D eigenvalue weighted by atomic mass is 10.0. The molecule has 35 heavy (non-hydrogen) atoms. The molecule has 6 heteroatoms. The quantitative estimate of drug-likeness (QED) is 0.321. The molecule has 0 fully saturated rings. The largest absolute Gasteiger partial charge is 0.504 e. The van der Waals surface area contributed by atoms with E-state index in [1.54, 1.807) is 24.3 Å². The lowest BCUT2D eigenvalue weighted by molar-refractivity contribution is 0.387. The standard InChI is InChI=1S/C29H28F2N2O2/c1-2-22-25(18-9-13-20-11-5-3-6-12-20)32-28(23-16-10-17-24(31)27(23)34)33(29(22)35)26(19-30)21-14-7-4-8-15-21/h3-8,10-12,14-17,26,34H,2,9,13,18-19H2,1H3. The Kier molecular flexibility index (Phi) is 7.70. The lowest BCUT2D eigenvalue weighted by Crippen LogP contribution is -2.33. The van der Waals surface area contributed by atoms with Crippen LogP contribution in [0.15, 0.2) is 83.7 Å². The van der Waals surface area contributed by atoms with Crippen LogP contribution in [0.2, 0.25) is 0 Å². The number of hydrogen-bond donors (Lipinski definition) is 1. The number of rotatable bonds is 9. The average Bonchev–Trinajstić information content (AvgIpc) is 2.88. The van der Waals surface area contributed by atoms with Crippen LogP contribution in [0.1, 0.15) is 41.8 Å². The molecule has 180 valence electrons. The predicted molar refractivity (Wildman–Crippen MR) is 134 cm³/mol. The van der Waals surface area contributed by atoms with E-state index >= 15 is 0 Å². The number of halogens is 2. The molecule has 4 nitrogen and oxygen atoms in total. The summed E-state index contributed by atoms with van der Waals surface area (Å²) in [5, 5.41) is 10.5. The number of phenols is 1. The Bertz CT molecular complexity index is 1340. The second kappa shape index (κ2) is 11.1. The maximum atomic E-state index is 14.5. The number of para-hydroxylation sites is 1. The highest BCUT2D eigenvalue weighted by Crippen LogP contribution is 2.33. The molecule has 0 bridgehead atoms. The van der Waals surface area contributed by atoms with Crippen molar-refractivity contribution in [2.75, 3.05) is 6.67 Å². The summed E-state index contributed by atoms with van der Waals surface area (Å²) in [4.78, 5) is 18.6. The van der Waals surface area contributed by atoms with E-state index in [0.29, 0.717) is 29.7 Å². The van der Waals surface area contributed by atoms with Crippen molar-refractivity contribution in [1.82, 2.24) is 9.55 Å². The molecule has 1 atom stereocenters. The van der Waals surface area contributed by atoms with Gasteiger partial charge in [0.25, 0.3) is 5.56 Å². The third kappa shape index (κ3) is 5.16. The number of phenolic OH excluding ortho intramolecular Hbond substituents is 1. The molecule has 4 aromatic rings. The highest BCUT2D eigenvalue weighted by Gasteiger charge is 2.26. The van der Waals surface area contributed by atoms with Crippen LogP contribution in [-0.4, -0.2) is 21.3 Å². The molecule has 0 spiro atoms. The molecule has 0 aliphatic carbocycles. The Morgan fingerprint density at radius 2 is 1.63 bits per heavy atom. The fourth-order valence-electron chi connectivity index (χ4n) is 4.44. The van der Waals surface area contributed by atoms with Gasteiger partial charge in [-0.05, 0) is 48.9 Å². The van der Waals surface area contributed by atoms with E-state index in [1.807, 2.05) is 43.3 Å². The number of nitrogens with zero attached hydrogens (tertiary/aromatic N) is 2. The molecular formula is C29H28F2N2O2. The molecule has 0 saturated heterocycles. The first-order valence-electron chi connectivity index (χ1n) is 11.8. The molecule has 1 N–H and O–H groups in total. The second-order valence-electron chi connectivity index (χ2n) is 8.45. The van der Waals surface area contributed by atoms with Crippen molar-refractivity contribution < 1.29 is 13.9 Å². The maximum Gasteiger partial charge on any atom is 0.257 e. The molecule has 1 aromatic heterocycles. The topological polar surface area (TPSA) is 55.1 Å². The Morgan fingerprint density at radius 1 is 0.943 bits per heavy atom. The van der Waals surface area contributed by atoms with Crippen LogP contribution in [0.5, 0.6) is 5.75 Å². The molecule has 1 unspecified atom stereocenters. The van der Waals surface area contributed by atoms with Crippen LogP contribution in [0.4, 0.5) is 8.78 Å². The molecule has 0 aliphatic heterocycles. The van der Waals surface area contributed by atoms with E-state index < -0.39 is 24.3 Å². The highest BCUT2D eigenvalue weighted by atomic mass is 19.1. The van der Waals surface area contributed by atoms with Gasteiger partial charge in [-0.1, -0.05) is 73.7 Å². The second-order valence-corrected chi connectivity index (χ2v) is 8.45. The number of aromatic nitrogens is 2. The van der Waals surface area contributed by atoms with Gasteiger partial charge in [0, 0.05) is 5.56 Å². The summed E-state index contributed by atoms with van der Waals surface area (Å²) in [6.45, 7) is 1.01. The third-order valence-corrected chi connectivity index (χ3v) is 6.24. The van der Waals surface area contributed by atoms with Crippen LogP contribution >= 0.6 is 0 Å². The van der Waals surface area contributed by atoms with Crippen LogP contribution in [-0.2, 0) is 19.3 Å². The molecule has 0 aliphatic rings. The van der Waals surface area contributed by atoms with E-state index in [2.05, 4.69) is 0 Å². The fraction of sp³-hybridized carbons (Fsp3) is 0.241. The van der Waals surface area contributed by atoms with Gasteiger partial charge in [-0.25, -0.2) is 13.8 Å². The van der Waals surface area contributed by atoms with Gasteiger partial charge in [-0.2, -0.15) is 0 Å². The normalized spacial score (nSPS) is 12.0. The Labute approximate surface area is 203 Å². The lowest BCUT2D eigenvalue weighted by Gasteiger charge is -2.23. The first-order chi connectivity index (χ1) is 17.0. The fourth-order valence-corrected chi connectivity index (χ4v) is 4.44. The van der Waals surface area contributed by atoms with Gasteiger partial charge in [0.2, 0.25) is 0 Å². The van der Waals surface area contributed by atoms with Gasteiger partial charge < -0.3 is 5.11 Å². The van der Waals surface area contributed by atoms with Crippen molar-refractivity contribution in [3.63, 3.8) is 0 Å². The van der Waals surface area contributed by atoms with Gasteiger partial charge in [-0.3, -0.25) is 9.36 Å². The van der Waals surface area contributed by atoms with Crippen molar-refractivity contribution in [2.45, 2.75) is 38.6 Å². The van der Waals surface area contributed by atoms with Crippen molar-refractivity contribution in [3.05, 3.63) is 117 Å². The van der Waals surface area contributed by atoms with Gasteiger partial charge in [-0.15, -0.1) is 0 Å². The van der Waals surface area contributed by atoms with Crippen molar-refractivity contribution in [1.29, 1.82) is 0 Å². The van der Waals surface area contributed by atoms with E-state index in [9.17, 15) is 18.7 Å². The van der Waals surface area contributed by atoms with Gasteiger partial charge >= 0.3 is 0 Å². The summed E-state index contributed by atoms with van der Waals surface area (Å²) in [5.41, 5.74) is 2.56. The number of aromatic hydroxyl groups is 1. The highest BCUT2D eigenvalue weighted by molar-refractivity contribution is 5.65. The number of benzene rings is 3. The van der Waals surface area contributed by atoms with E-state index in [0.717, 1.165) is 18.9 Å². The summed E-state index contributed by atoms with van der Waals surface area (Å²) in [5.74, 6) is -1.38. The third-order valence-electron chi connectivity index (χ3n) is 6.24. The monoisotopic (exact) mass is 474 g/mol. The van der Waals surface area contributed by atoms with E-state index in [-0.39, 0.29) is 16.9 Å². The molecular weight excluding hydrogens is 446 g/mol. The Morgan fingerprint density at radius 3 is 2.29 bits per heavy atom. The summed E-state index contributed by atoms with van der Waals surface area (Å²) in [6.07, 6.45) is 2.53. The van der Waals surface area contributed by atoms with Gasteiger partial charge in [0.15, 0.2) is 11.6 Å². The zero-order valence-electron chi connectivity index (χ0n) is 19.6. The summed E-state index contributed by atoms with van der Waals surface area (Å²) in [6, 6.07) is 22.0. The van der Waals surface area contributed by atoms with Crippen LogP contribution < -0.4 is 5.56 Å².